The number of aliphatic carboxylic acids is 1. The van der Waals surface area contributed by atoms with E-state index in [1.165, 1.54) is 173 Å². The first-order valence-corrected chi connectivity index (χ1v) is 58.9. The third-order valence-corrected chi connectivity index (χ3v) is 44.6. The van der Waals surface area contributed by atoms with E-state index in [0.29, 0.717) is 185 Å². The van der Waals surface area contributed by atoms with Crippen molar-refractivity contribution in [3.05, 3.63) is 87.3 Å². The second-order valence-corrected chi connectivity index (χ2v) is 52.0. The number of H-pyrrole nitrogens is 1. The number of hydrogen-bond acceptors (Lipinski definition) is 17. The zero-order valence-corrected chi connectivity index (χ0v) is 90.5. The molecule has 2 aromatic carbocycles. The van der Waals surface area contributed by atoms with Crippen molar-refractivity contribution in [3.8, 4) is 0 Å². The Morgan fingerprint density at radius 2 is 0.833 bits per heavy atom. The number of amides is 1. The molecule has 0 spiro atoms. The number of Topliss-reactive ketones (excluding diaryl/α,β-unsaturated/α-hetero) is 4. The number of carboxylic acid groups (broad SMARTS) is 1. The first-order valence-electron chi connectivity index (χ1n) is 58.9. The molecule has 0 bridgehead atoms. The molecule has 144 heavy (non-hydrogen) atoms. The van der Waals surface area contributed by atoms with Crippen molar-refractivity contribution in [3.63, 3.8) is 0 Å². The molecule has 1 saturated heterocycles. The van der Waals surface area contributed by atoms with Gasteiger partial charge in [0.1, 0.15) is 23.2 Å². The summed E-state index contributed by atoms with van der Waals surface area (Å²) < 4.78 is 40.2. The molecule has 20 rings (SSSR count). The van der Waals surface area contributed by atoms with Crippen molar-refractivity contribution in [2.24, 2.45) is 150 Å². The fourth-order valence-corrected chi connectivity index (χ4v) is 36.4. The van der Waals surface area contributed by atoms with Gasteiger partial charge < -0.3 is 54.7 Å². The number of halogens is 1. The van der Waals surface area contributed by atoms with E-state index < -0.39 is 11.8 Å². The molecule has 30 atom stereocenters. The molecule has 16 saturated carbocycles. The summed E-state index contributed by atoms with van der Waals surface area (Å²) in [5, 5.41) is 56.3. The van der Waals surface area contributed by atoms with Gasteiger partial charge in [0.05, 0.1) is 47.3 Å². The summed E-state index contributed by atoms with van der Waals surface area (Å²) in [7, 11) is 0. The average molecular weight is 2000 g/mol. The first kappa shape index (κ1) is 111. The Morgan fingerprint density at radius 3 is 1.26 bits per heavy atom. The first-order chi connectivity index (χ1) is 69.2. The second kappa shape index (κ2) is 48.5. The maximum atomic E-state index is 14.3. The maximum Gasteiger partial charge on any atom is 0.303 e. The summed E-state index contributed by atoms with van der Waals surface area (Å²) in [6.07, 6.45) is 58.1. The largest absolute Gasteiger partial charge is 0.515 e. The molecule has 17 fully saturated rings. The topological polar surface area (TPSA) is 302 Å². The van der Waals surface area contributed by atoms with E-state index in [9.17, 15) is 43.1 Å². The highest BCUT2D eigenvalue weighted by molar-refractivity contribution is 5.96. The monoisotopic (exact) mass is 2000 g/mol. The molecule has 2 heterocycles. The van der Waals surface area contributed by atoms with Crippen molar-refractivity contribution in [2.45, 2.75) is 415 Å². The van der Waals surface area contributed by atoms with Gasteiger partial charge in [0.2, 0.25) is 0 Å². The highest BCUT2D eigenvalue weighted by Gasteiger charge is 2.67. The van der Waals surface area contributed by atoms with Crippen LogP contribution in [0.5, 0.6) is 0 Å². The number of fused-ring (bicyclic) bond motifs is 21. The number of rotatable bonds is 31. The number of aromatic amines is 1. The number of aliphatic hydroxyl groups is 4. The number of benzene rings is 2. The van der Waals surface area contributed by atoms with Crippen LogP contribution < -0.4 is 10.9 Å². The standard InChI is InChI=1S/2C26H42O4.C26H44O3.C25H42O3.C20H19FN4O2/c1-17-16-26(3)18(15-22(17)27)8-9-19-20-10-11-23(25(20,2)13-12-21(19)26)30-14-6-4-5-7-24(28)29;1-25-12-11-22-20(8-7-19-15-23(29)18(17-28)16-26(19,22)2)21(25)9-10-24(25)30-14-6-4-3-5-13-27;1-18-17-26(3)19(16-23(18)28)8-9-20-21-10-11-24(25(21,2)13-12-22(20)26)29-15-7-5-4-6-14-27;1-24-13-11-19(27)17-18(24)7-8-20-21-9-10-23(25(21,2)14-12-22(20)24)28-16-6-4-3-5-15-26;21-17-6-5-13(11-16(17)20(27)25-9-7-22-8-10-25)12-18-14-3-1-2-4-15(14)19(26)24-23-18/h17-21,23H,4-16H2,1-3H3,(H,28,29);17,19-22,24,27-28H,3-16H2,1-2H3;18-22,24,27H,4-17H2,1-3H3;18,20-23,26H,3-17H2,1-2H3;1-6,11,22H,7-10,12H2,(H,24,26)/t17-,18+,19+,20+,21+,23+,25+,26+;19-,20-,21-,22-,24-,25-,26-;18-,19+,20+,21+,22+,24+,25+,26+;18-,20-,21-,22-,23-,24-,25-;/m1010./s1. The Kier molecular flexibility index (Phi) is 37.4. The fourth-order valence-electron chi connectivity index (χ4n) is 36.4. The van der Waals surface area contributed by atoms with Crippen LogP contribution >= 0.6 is 0 Å². The van der Waals surface area contributed by atoms with Gasteiger partial charge in [0, 0.05) is 140 Å². The number of ketones is 4. The number of carbonyl (C=O) groups excluding carboxylic acids is 5. The van der Waals surface area contributed by atoms with Gasteiger partial charge in [-0.3, -0.25) is 33.6 Å². The summed E-state index contributed by atoms with van der Waals surface area (Å²) in [6.45, 7) is 31.4. The van der Waals surface area contributed by atoms with Crippen molar-refractivity contribution < 1.29 is 77.6 Å². The lowest BCUT2D eigenvalue weighted by Crippen LogP contribution is -2.55. The van der Waals surface area contributed by atoms with E-state index in [-0.39, 0.29) is 46.5 Å². The van der Waals surface area contributed by atoms with Crippen molar-refractivity contribution in [1.82, 2.24) is 20.4 Å². The maximum absolute atomic E-state index is 14.3. The zero-order valence-electron chi connectivity index (χ0n) is 90.5. The number of aromatic nitrogens is 2. The van der Waals surface area contributed by atoms with Gasteiger partial charge in [-0.1, -0.05) is 138 Å². The van der Waals surface area contributed by atoms with Crippen molar-refractivity contribution >= 4 is 45.8 Å². The number of piperazine rings is 1. The molecule has 21 heteroatoms. The molecule has 20 nitrogen and oxygen atoms in total. The second-order valence-electron chi connectivity index (χ2n) is 52.0. The molecule has 0 radical (unpaired) electrons. The van der Waals surface area contributed by atoms with E-state index in [1.807, 2.05) is 12.1 Å². The van der Waals surface area contributed by atoms with Crippen LogP contribution in [0.4, 0.5) is 4.39 Å². The summed E-state index contributed by atoms with van der Waals surface area (Å²) in [6, 6.07) is 11.8. The highest BCUT2D eigenvalue weighted by Crippen LogP contribution is 2.72. The van der Waals surface area contributed by atoms with Gasteiger partial charge in [0.15, 0.2) is 5.78 Å². The van der Waals surface area contributed by atoms with Gasteiger partial charge in [-0.15, -0.1) is 0 Å². The third kappa shape index (κ3) is 23.3. The normalized spacial score (nSPS) is 39.7. The Balaban J connectivity index is 0.000000129. The smallest absolute Gasteiger partial charge is 0.303 e. The van der Waals surface area contributed by atoms with Crippen LogP contribution in [-0.2, 0) is 49.3 Å². The van der Waals surface area contributed by atoms with Crippen LogP contribution in [0.2, 0.25) is 0 Å². The summed E-state index contributed by atoms with van der Waals surface area (Å²) in [4.78, 5) is 86.1. The van der Waals surface area contributed by atoms with E-state index in [0.717, 1.165) is 244 Å². The lowest BCUT2D eigenvalue weighted by Gasteiger charge is -2.60. The zero-order chi connectivity index (χ0) is 102. The van der Waals surface area contributed by atoms with Crippen LogP contribution in [0.1, 0.15) is 405 Å². The number of ether oxygens (including phenoxy) is 4. The lowest BCUT2D eigenvalue weighted by molar-refractivity contribution is -0.152. The Bertz CT molecular complexity index is 4900. The van der Waals surface area contributed by atoms with Crippen molar-refractivity contribution in [2.75, 3.05) is 72.4 Å². The van der Waals surface area contributed by atoms with Gasteiger partial charge in [-0.2, -0.15) is 5.10 Å². The predicted molar refractivity (Wildman–Crippen MR) is 564 cm³/mol. The molecule has 1 amide bonds. The average Bonchev–Trinajstić information content (AvgIpc) is 1.28. The van der Waals surface area contributed by atoms with Crippen LogP contribution in [0.25, 0.3) is 10.8 Å². The number of nitrogens with one attached hydrogen (secondary N) is 2. The predicted octanol–water partition coefficient (Wildman–Crippen LogP) is 24.5. The Labute approximate surface area is 863 Å². The molecule has 3 aromatic rings. The van der Waals surface area contributed by atoms with E-state index >= 15 is 0 Å². The van der Waals surface area contributed by atoms with Crippen LogP contribution in [0.3, 0.4) is 0 Å². The molecule has 0 unspecified atom stereocenters. The van der Waals surface area contributed by atoms with Gasteiger partial charge >= 0.3 is 5.97 Å². The molecule has 804 valence electrons. The minimum atomic E-state index is -0.695. The number of unbranched alkanes of at least 4 members (excludes halogenated alkanes) is 11. The summed E-state index contributed by atoms with van der Waals surface area (Å²) in [5.41, 5.74) is 4.62. The molecular weight excluding hydrogens is 1810 g/mol. The van der Waals surface area contributed by atoms with Gasteiger partial charge in [-0.05, 0) is 393 Å². The number of allylic oxidation sites excluding steroid dienone is 1. The molecule has 7 N–H and O–H groups in total. The van der Waals surface area contributed by atoms with E-state index in [2.05, 4.69) is 84.8 Å². The van der Waals surface area contributed by atoms with E-state index in [4.69, 9.17) is 39.4 Å². The highest BCUT2D eigenvalue weighted by atomic mass is 19.1. The summed E-state index contributed by atoms with van der Waals surface area (Å²) in [5.74, 6) is 12.7. The van der Waals surface area contributed by atoms with Crippen LogP contribution in [0, 0.1) is 156 Å². The third-order valence-electron chi connectivity index (χ3n) is 44.6. The lowest BCUT2D eigenvalue weighted by atomic mass is 9.44. The van der Waals surface area contributed by atoms with Gasteiger partial charge in [0.25, 0.3) is 11.5 Å². The van der Waals surface area contributed by atoms with Crippen LogP contribution in [-0.4, -0.2) is 172 Å². The summed E-state index contributed by atoms with van der Waals surface area (Å²) >= 11 is 0. The minimum Gasteiger partial charge on any atom is -0.515 e. The SMILES string of the molecule is C[C@@H]1C[C@@]2(C)[C@@H](CC[C@@H]3[C@@H]2CC[C@]2(C)[C@@H](OCCCCCC(=O)O)CC[C@@H]32)CC1=O.C[C@@H]1C[C@@]2(C)[C@@H](CC[C@@H]3[C@@H]2CC[C@]2(C)[C@@H](OCCCCCCO)CC[C@@H]32)CC1=O.C[C@]12CC(=CO)C(=O)C[C@@H]1CC[C@@H]1[C@@H]2CC[C@]2(C)[C@@H](OCCCCCCO)CC[C@@H]12.C[C@]12CCC(=O)C[C@@H]1CC[C@@H]1[C@@H]2CC[C@]2(C)[C@@H](OCCCCCCO)CC[C@@H]12.O=C(c1cc(Cc2n[nH]c(=O)c3ccccc23)ccc1F)N1CCNCC1. The molecule has 16 aliphatic carbocycles. The van der Waals surface area contributed by atoms with Gasteiger partial charge in [-0.25, -0.2) is 9.49 Å². The number of carboxylic acids is 1. The molecular formula is C123H189FN4O16. The quantitative estimate of drug-likeness (QED) is 0.0179. The number of aliphatic hydroxyl groups excluding tert-OH is 4. The van der Waals surface area contributed by atoms with E-state index in [1.54, 1.807) is 29.2 Å². The molecule has 17 aliphatic rings. The number of nitrogens with zero attached hydrogens (tertiary/aromatic N) is 2. The molecule has 1 aliphatic heterocycles. The Morgan fingerprint density at radius 1 is 0.444 bits per heavy atom. The van der Waals surface area contributed by atoms with Crippen molar-refractivity contribution in [1.29, 1.82) is 0 Å². The number of hydrogen-bond donors (Lipinski definition) is 7. The number of carbonyl (C=O) groups is 6. The molecule has 1 aromatic heterocycles. The Hall–Kier alpha value is -5.65. The minimum absolute atomic E-state index is 0.0723. The fraction of sp³-hybridized carbons (Fsp3) is 0.821. The van der Waals surface area contributed by atoms with Crippen LogP contribution in [0.15, 0.2) is 59.1 Å².